The summed E-state index contributed by atoms with van der Waals surface area (Å²) in [4.78, 5) is 37.3. The largest absolute Gasteiger partial charge is 0.493 e. The number of hydrogen-bond donors (Lipinski definition) is 1. The molecule has 1 aliphatic heterocycles. The fourth-order valence-corrected chi connectivity index (χ4v) is 4.44. The van der Waals surface area contributed by atoms with Crippen LogP contribution in [0.15, 0.2) is 79.1 Å². The van der Waals surface area contributed by atoms with E-state index in [9.17, 15) is 14.7 Å². The summed E-state index contributed by atoms with van der Waals surface area (Å²) in [5, 5.41) is 9.27. The Bertz CT molecular complexity index is 1490. The maximum absolute atomic E-state index is 13.3. The van der Waals surface area contributed by atoms with Gasteiger partial charge in [-0.15, -0.1) is 0 Å². The summed E-state index contributed by atoms with van der Waals surface area (Å²) in [6.07, 6.45) is 4.06. The lowest BCUT2D eigenvalue weighted by Gasteiger charge is -2.22. The van der Waals surface area contributed by atoms with E-state index in [4.69, 9.17) is 4.74 Å². The highest BCUT2D eigenvalue weighted by Gasteiger charge is 2.30. The molecule has 0 atom stereocenters. The third-order valence-corrected chi connectivity index (χ3v) is 6.35. The van der Waals surface area contributed by atoms with E-state index in [1.165, 1.54) is 0 Å². The number of benzene rings is 2. The lowest BCUT2D eigenvalue weighted by Crippen LogP contribution is -2.25. The summed E-state index contributed by atoms with van der Waals surface area (Å²) in [7, 11) is 1.75. The summed E-state index contributed by atoms with van der Waals surface area (Å²) >= 11 is 0. The predicted molar refractivity (Wildman–Crippen MR) is 142 cm³/mol. The van der Waals surface area contributed by atoms with Crippen molar-refractivity contribution < 1.29 is 19.4 Å². The number of anilines is 3. The third kappa shape index (κ3) is 4.73. The number of nitrogens with zero attached hydrogens (tertiary/aromatic N) is 4. The van der Waals surface area contributed by atoms with Gasteiger partial charge in [0.1, 0.15) is 11.6 Å². The molecule has 37 heavy (non-hydrogen) atoms. The Labute approximate surface area is 214 Å². The number of ether oxygens (including phenoxy) is 1. The Hall–Kier alpha value is -4.72. The average Bonchev–Trinajstić information content (AvgIpc) is 3.01. The molecule has 0 unspecified atom stereocenters. The summed E-state index contributed by atoms with van der Waals surface area (Å²) in [5.41, 5.74) is 4.07. The van der Waals surface area contributed by atoms with E-state index in [-0.39, 0.29) is 11.5 Å². The predicted octanol–water partition coefficient (Wildman–Crippen LogP) is 5.21. The van der Waals surface area contributed by atoms with Crippen molar-refractivity contribution in [3.63, 3.8) is 0 Å². The Morgan fingerprint density at radius 3 is 2.54 bits per heavy atom. The molecule has 5 rings (SSSR count). The number of carbonyl (C=O) groups is 2. The average molecular weight is 495 g/mol. The molecule has 8 nitrogen and oxygen atoms in total. The highest BCUT2D eigenvalue weighted by atomic mass is 16.5. The van der Waals surface area contributed by atoms with Crippen molar-refractivity contribution in [1.82, 2.24) is 9.97 Å². The Morgan fingerprint density at radius 1 is 0.973 bits per heavy atom. The molecule has 1 N–H and O–H groups in total. The monoisotopic (exact) mass is 494 g/mol. The van der Waals surface area contributed by atoms with E-state index in [1.807, 2.05) is 60.4 Å². The molecule has 0 spiro atoms. The van der Waals surface area contributed by atoms with Crippen LogP contribution in [0.1, 0.15) is 33.2 Å². The van der Waals surface area contributed by atoms with E-state index in [0.29, 0.717) is 42.5 Å². The molecular formula is C29H26N4O4. The number of fused-ring (bicyclic) bond motifs is 2. The molecular weight excluding hydrogens is 468 g/mol. The maximum Gasteiger partial charge on any atom is 0.335 e. The van der Waals surface area contributed by atoms with E-state index in [2.05, 4.69) is 9.97 Å². The lowest BCUT2D eigenvalue weighted by molar-refractivity contribution is 0.0696. The Balaban J connectivity index is 1.33. The SMILES string of the molecule is CCN1c2ncc(CCOc3cccc(-c4cccc(C(=O)O)c4)c3)cc2C(=O)N(C)c2cccnc21. The number of carboxylic acids is 1. The molecule has 0 aliphatic carbocycles. The summed E-state index contributed by atoms with van der Waals surface area (Å²) in [6, 6.07) is 19.9. The number of carbonyl (C=O) groups excluding carboxylic acids is 1. The van der Waals surface area contributed by atoms with Crippen molar-refractivity contribution in [1.29, 1.82) is 0 Å². The second-order valence-electron chi connectivity index (χ2n) is 8.68. The van der Waals surface area contributed by atoms with E-state index < -0.39 is 5.97 Å². The molecule has 3 heterocycles. The minimum atomic E-state index is -0.963. The van der Waals surface area contributed by atoms with Crippen LogP contribution in [-0.4, -0.2) is 47.2 Å². The molecule has 186 valence electrons. The zero-order chi connectivity index (χ0) is 25.9. The summed E-state index contributed by atoms with van der Waals surface area (Å²) in [6.45, 7) is 3.02. The second kappa shape index (κ2) is 10.1. The minimum Gasteiger partial charge on any atom is -0.493 e. The van der Waals surface area contributed by atoms with Crippen LogP contribution in [0, 0.1) is 0 Å². The van der Waals surface area contributed by atoms with Gasteiger partial charge in [0.25, 0.3) is 5.91 Å². The van der Waals surface area contributed by atoms with Gasteiger partial charge in [0.15, 0.2) is 5.82 Å². The first-order valence-electron chi connectivity index (χ1n) is 12.0. The molecule has 0 fully saturated rings. The van der Waals surface area contributed by atoms with E-state index in [0.717, 1.165) is 22.4 Å². The van der Waals surface area contributed by atoms with Crippen LogP contribution in [0.5, 0.6) is 5.75 Å². The van der Waals surface area contributed by atoms with Crippen molar-refractivity contribution in [3.8, 4) is 16.9 Å². The molecule has 0 bridgehead atoms. The summed E-state index contributed by atoms with van der Waals surface area (Å²) < 4.78 is 6.00. The fraction of sp³-hybridized carbons (Fsp3) is 0.172. The van der Waals surface area contributed by atoms with Crippen LogP contribution in [0.4, 0.5) is 17.3 Å². The molecule has 8 heteroatoms. The van der Waals surface area contributed by atoms with Crippen LogP contribution >= 0.6 is 0 Å². The molecule has 1 aliphatic rings. The van der Waals surface area contributed by atoms with Crippen molar-refractivity contribution in [3.05, 3.63) is 95.8 Å². The number of rotatable bonds is 7. The molecule has 0 radical (unpaired) electrons. The smallest absolute Gasteiger partial charge is 0.335 e. The van der Waals surface area contributed by atoms with Gasteiger partial charge in [0, 0.05) is 32.4 Å². The number of pyridine rings is 2. The van der Waals surface area contributed by atoms with Crippen LogP contribution < -0.4 is 14.5 Å². The van der Waals surface area contributed by atoms with Crippen LogP contribution in [0.2, 0.25) is 0 Å². The quantitative estimate of drug-likeness (QED) is 0.377. The van der Waals surface area contributed by atoms with E-state index in [1.54, 1.807) is 42.5 Å². The third-order valence-electron chi connectivity index (χ3n) is 6.35. The van der Waals surface area contributed by atoms with Gasteiger partial charge in [0.05, 0.1) is 23.4 Å². The topological polar surface area (TPSA) is 95.9 Å². The number of aromatic nitrogens is 2. The molecule has 1 amide bonds. The van der Waals surface area contributed by atoms with Gasteiger partial charge in [-0.25, -0.2) is 14.8 Å². The Kier molecular flexibility index (Phi) is 6.55. The molecule has 2 aromatic carbocycles. The van der Waals surface area contributed by atoms with Gasteiger partial charge < -0.3 is 19.6 Å². The zero-order valence-corrected chi connectivity index (χ0v) is 20.6. The van der Waals surface area contributed by atoms with Gasteiger partial charge in [-0.3, -0.25) is 4.79 Å². The van der Waals surface area contributed by atoms with Crippen LogP contribution in [0.25, 0.3) is 11.1 Å². The highest BCUT2D eigenvalue weighted by Crippen LogP contribution is 2.37. The van der Waals surface area contributed by atoms with Crippen LogP contribution in [0.3, 0.4) is 0 Å². The highest BCUT2D eigenvalue weighted by molar-refractivity contribution is 6.12. The van der Waals surface area contributed by atoms with Crippen LogP contribution in [-0.2, 0) is 6.42 Å². The van der Waals surface area contributed by atoms with Crippen molar-refractivity contribution in [2.75, 3.05) is 30.0 Å². The van der Waals surface area contributed by atoms with Crippen molar-refractivity contribution in [2.24, 2.45) is 0 Å². The minimum absolute atomic E-state index is 0.133. The number of aromatic carboxylic acids is 1. The molecule has 0 saturated heterocycles. The normalized spacial score (nSPS) is 12.5. The van der Waals surface area contributed by atoms with Crippen molar-refractivity contribution in [2.45, 2.75) is 13.3 Å². The first kappa shape index (κ1) is 24.0. The maximum atomic E-state index is 13.3. The molecule has 2 aromatic heterocycles. The molecule has 4 aromatic rings. The number of carboxylic acid groups (broad SMARTS) is 1. The second-order valence-corrected chi connectivity index (χ2v) is 8.68. The summed E-state index contributed by atoms with van der Waals surface area (Å²) in [5.74, 6) is 0.882. The van der Waals surface area contributed by atoms with Gasteiger partial charge in [-0.2, -0.15) is 0 Å². The lowest BCUT2D eigenvalue weighted by atomic mass is 10.0. The van der Waals surface area contributed by atoms with E-state index >= 15 is 0 Å². The van der Waals surface area contributed by atoms with Gasteiger partial charge >= 0.3 is 5.97 Å². The van der Waals surface area contributed by atoms with Gasteiger partial charge in [0.2, 0.25) is 0 Å². The number of amides is 1. The Morgan fingerprint density at radius 2 is 1.76 bits per heavy atom. The van der Waals surface area contributed by atoms with Gasteiger partial charge in [-0.05, 0) is 66.1 Å². The van der Waals surface area contributed by atoms with Crippen molar-refractivity contribution >= 4 is 29.2 Å². The zero-order valence-electron chi connectivity index (χ0n) is 20.6. The fourth-order valence-electron chi connectivity index (χ4n) is 4.44. The van der Waals surface area contributed by atoms with Gasteiger partial charge in [-0.1, -0.05) is 24.3 Å². The first-order chi connectivity index (χ1) is 18.0. The standard InChI is InChI=1S/C29H26N4O4/c1-3-33-26-24(28(34)32(2)25-11-6-13-30-27(25)33)15-19(18-31-26)12-14-37-23-10-5-8-21(17-23)20-7-4-9-22(16-20)29(35)36/h4-11,13,15-18H,3,12,14H2,1-2H3,(H,35,36). The first-order valence-corrected chi connectivity index (χ1v) is 12.0. The number of hydrogen-bond acceptors (Lipinski definition) is 6. The molecule has 0 saturated carbocycles.